The van der Waals surface area contributed by atoms with Gasteiger partial charge >= 0.3 is 5.97 Å². The molecule has 1 N–H and O–H groups in total. The lowest BCUT2D eigenvalue weighted by molar-refractivity contribution is 0.0296. The van der Waals surface area contributed by atoms with E-state index in [-0.39, 0.29) is 12.0 Å². The van der Waals surface area contributed by atoms with E-state index in [1.807, 2.05) is 13.8 Å². The highest BCUT2D eigenvalue weighted by Crippen LogP contribution is 2.34. The van der Waals surface area contributed by atoms with Gasteiger partial charge in [-0.3, -0.25) is 9.69 Å². The molecule has 1 atom stereocenters. The number of aryl methyl sites for hydroxylation is 1. The maximum absolute atomic E-state index is 12.7. The molecule has 0 bridgehead atoms. The molecule has 26 heavy (non-hydrogen) atoms. The van der Waals surface area contributed by atoms with Gasteiger partial charge in [0.1, 0.15) is 17.4 Å². The highest BCUT2D eigenvalue weighted by Gasteiger charge is 2.32. The summed E-state index contributed by atoms with van der Waals surface area (Å²) < 4.78 is 16.1. The predicted octanol–water partition coefficient (Wildman–Crippen LogP) is 1.17. The molecule has 0 spiro atoms. The standard InChI is InChI=1S/C19H26N2O5/c1-12-10-15(18(22)20-4-5-21-6-8-25-9-7-21)17(24-3)16-14(12)11-13(2)26-19(16)23/h10,13H,4-9,11H2,1-3H3,(H,20,22). The summed E-state index contributed by atoms with van der Waals surface area (Å²) >= 11 is 0. The van der Waals surface area contributed by atoms with Gasteiger partial charge in [-0.05, 0) is 31.0 Å². The van der Waals surface area contributed by atoms with Crippen LogP contribution in [0.2, 0.25) is 0 Å². The molecular weight excluding hydrogens is 336 g/mol. The number of fused-ring (bicyclic) bond motifs is 1. The maximum atomic E-state index is 12.7. The van der Waals surface area contributed by atoms with Gasteiger partial charge in [-0.2, -0.15) is 0 Å². The zero-order chi connectivity index (χ0) is 18.7. The van der Waals surface area contributed by atoms with Crippen LogP contribution in [0.4, 0.5) is 0 Å². The number of methoxy groups -OCH3 is 1. The van der Waals surface area contributed by atoms with Crippen LogP contribution < -0.4 is 10.1 Å². The summed E-state index contributed by atoms with van der Waals surface area (Å²) in [5.41, 5.74) is 2.55. The molecule has 1 saturated heterocycles. The number of esters is 1. The van der Waals surface area contributed by atoms with Gasteiger partial charge in [-0.15, -0.1) is 0 Å². The van der Waals surface area contributed by atoms with Gasteiger partial charge in [-0.1, -0.05) is 0 Å². The molecule has 0 aromatic heterocycles. The van der Waals surface area contributed by atoms with E-state index in [1.54, 1.807) is 6.07 Å². The SMILES string of the molecule is COc1c(C(=O)NCCN2CCOCC2)cc(C)c2c1C(=O)OC(C)C2. The predicted molar refractivity (Wildman–Crippen MR) is 95.9 cm³/mol. The molecule has 0 aliphatic carbocycles. The Morgan fingerprint density at radius 2 is 2.12 bits per heavy atom. The molecule has 2 aliphatic rings. The molecule has 7 heteroatoms. The lowest BCUT2D eigenvalue weighted by Gasteiger charge is -2.27. The number of ether oxygens (including phenoxy) is 3. The van der Waals surface area contributed by atoms with Gasteiger partial charge in [0, 0.05) is 32.6 Å². The molecule has 2 heterocycles. The van der Waals surface area contributed by atoms with Crippen molar-refractivity contribution < 1.29 is 23.8 Å². The first-order chi connectivity index (χ1) is 12.5. The summed E-state index contributed by atoms with van der Waals surface area (Å²) in [6.07, 6.45) is 0.453. The number of nitrogens with zero attached hydrogens (tertiary/aromatic N) is 1. The minimum atomic E-state index is -0.429. The van der Waals surface area contributed by atoms with Gasteiger partial charge in [0.15, 0.2) is 0 Å². The quantitative estimate of drug-likeness (QED) is 0.793. The van der Waals surface area contributed by atoms with Gasteiger partial charge in [0.2, 0.25) is 0 Å². The number of hydrogen-bond acceptors (Lipinski definition) is 6. The molecule has 1 aromatic rings. The third-order valence-electron chi connectivity index (χ3n) is 4.88. The summed E-state index contributed by atoms with van der Waals surface area (Å²) in [7, 11) is 1.47. The van der Waals surface area contributed by atoms with Crippen molar-refractivity contribution in [3.63, 3.8) is 0 Å². The fraction of sp³-hybridized carbons (Fsp3) is 0.579. The van der Waals surface area contributed by atoms with Crippen LogP contribution in [0.15, 0.2) is 6.07 Å². The highest BCUT2D eigenvalue weighted by atomic mass is 16.5. The van der Waals surface area contributed by atoms with Gasteiger partial charge in [-0.25, -0.2) is 4.79 Å². The number of rotatable bonds is 5. The normalized spacial score (nSPS) is 20.3. The topological polar surface area (TPSA) is 77.1 Å². The van der Waals surface area contributed by atoms with Crippen LogP contribution in [-0.4, -0.2) is 69.4 Å². The number of morpholine rings is 1. The molecule has 1 aromatic carbocycles. The summed E-state index contributed by atoms with van der Waals surface area (Å²) in [4.78, 5) is 27.3. The molecule has 142 valence electrons. The zero-order valence-electron chi connectivity index (χ0n) is 15.6. The second-order valence-electron chi connectivity index (χ2n) is 6.76. The Morgan fingerprint density at radius 3 is 2.81 bits per heavy atom. The molecule has 0 radical (unpaired) electrons. The lowest BCUT2D eigenvalue weighted by atomic mass is 9.91. The number of carbonyl (C=O) groups is 2. The molecule has 1 amide bonds. The molecule has 7 nitrogen and oxygen atoms in total. The minimum Gasteiger partial charge on any atom is -0.495 e. The first-order valence-corrected chi connectivity index (χ1v) is 9.01. The Morgan fingerprint density at radius 1 is 1.38 bits per heavy atom. The average Bonchev–Trinajstić information content (AvgIpc) is 2.62. The van der Waals surface area contributed by atoms with Gasteiger partial charge in [0.05, 0.1) is 25.9 Å². The monoisotopic (exact) mass is 362 g/mol. The third-order valence-corrected chi connectivity index (χ3v) is 4.88. The summed E-state index contributed by atoms with van der Waals surface area (Å²) in [5.74, 6) is -0.375. The van der Waals surface area contributed by atoms with Gasteiger partial charge in [0.25, 0.3) is 5.91 Å². The highest BCUT2D eigenvalue weighted by molar-refractivity contribution is 6.04. The molecule has 1 fully saturated rings. The van der Waals surface area contributed by atoms with Crippen LogP contribution in [-0.2, 0) is 15.9 Å². The Labute approximate surface area is 153 Å². The van der Waals surface area contributed by atoms with E-state index in [0.29, 0.717) is 29.8 Å². The fourth-order valence-corrected chi connectivity index (χ4v) is 3.52. The van der Waals surface area contributed by atoms with Crippen molar-refractivity contribution in [3.8, 4) is 5.75 Å². The van der Waals surface area contributed by atoms with E-state index in [1.165, 1.54) is 7.11 Å². The molecule has 2 aliphatic heterocycles. The van der Waals surface area contributed by atoms with Crippen LogP contribution in [0.25, 0.3) is 0 Å². The van der Waals surface area contributed by atoms with Crippen LogP contribution in [0, 0.1) is 6.92 Å². The molecular formula is C19H26N2O5. The first kappa shape index (κ1) is 18.7. The third kappa shape index (κ3) is 3.83. The molecule has 0 saturated carbocycles. The smallest absolute Gasteiger partial charge is 0.342 e. The van der Waals surface area contributed by atoms with Crippen molar-refractivity contribution in [2.24, 2.45) is 0 Å². The van der Waals surface area contributed by atoms with E-state index in [9.17, 15) is 9.59 Å². The second-order valence-corrected chi connectivity index (χ2v) is 6.76. The van der Waals surface area contributed by atoms with Crippen LogP contribution in [0.5, 0.6) is 5.75 Å². The van der Waals surface area contributed by atoms with Crippen molar-refractivity contribution in [1.82, 2.24) is 10.2 Å². The first-order valence-electron chi connectivity index (χ1n) is 9.01. The van der Waals surface area contributed by atoms with E-state index in [0.717, 1.165) is 44.0 Å². The number of cyclic esters (lactones) is 1. The van der Waals surface area contributed by atoms with Crippen molar-refractivity contribution in [2.75, 3.05) is 46.5 Å². The number of amides is 1. The summed E-state index contributed by atoms with van der Waals surface area (Å²) in [5, 5.41) is 2.93. The van der Waals surface area contributed by atoms with E-state index in [2.05, 4.69) is 10.2 Å². The summed E-state index contributed by atoms with van der Waals surface area (Å²) in [6.45, 7) is 8.27. The number of carbonyl (C=O) groups excluding carboxylic acids is 2. The largest absolute Gasteiger partial charge is 0.495 e. The molecule has 3 rings (SSSR count). The van der Waals surface area contributed by atoms with Crippen molar-refractivity contribution in [2.45, 2.75) is 26.4 Å². The Bertz CT molecular complexity index is 698. The Hall–Kier alpha value is -2.12. The maximum Gasteiger partial charge on any atom is 0.342 e. The van der Waals surface area contributed by atoms with E-state index in [4.69, 9.17) is 14.2 Å². The van der Waals surface area contributed by atoms with Crippen LogP contribution in [0.3, 0.4) is 0 Å². The summed E-state index contributed by atoms with van der Waals surface area (Å²) in [6, 6.07) is 1.80. The lowest BCUT2D eigenvalue weighted by Crippen LogP contribution is -2.41. The van der Waals surface area contributed by atoms with Crippen molar-refractivity contribution in [3.05, 3.63) is 28.3 Å². The van der Waals surface area contributed by atoms with E-state index >= 15 is 0 Å². The number of hydrogen-bond donors (Lipinski definition) is 1. The van der Waals surface area contributed by atoms with Crippen molar-refractivity contribution in [1.29, 1.82) is 0 Å². The van der Waals surface area contributed by atoms with Gasteiger partial charge < -0.3 is 19.5 Å². The van der Waals surface area contributed by atoms with Crippen LogP contribution >= 0.6 is 0 Å². The van der Waals surface area contributed by atoms with Crippen molar-refractivity contribution >= 4 is 11.9 Å². The average molecular weight is 362 g/mol. The minimum absolute atomic E-state index is 0.174. The number of benzene rings is 1. The Balaban J connectivity index is 1.76. The second kappa shape index (κ2) is 8.05. The molecule has 1 unspecified atom stereocenters. The Kier molecular flexibility index (Phi) is 5.78. The fourth-order valence-electron chi connectivity index (χ4n) is 3.52. The van der Waals surface area contributed by atoms with E-state index < -0.39 is 5.97 Å². The number of nitrogens with one attached hydrogen (secondary N) is 1. The van der Waals surface area contributed by atoms with Crippen LogP contribution in [0.1, 0.15) is 38.8 Å². The zero-order valence-corrected chi connectivity index (χ0v) is 15.6.